The first-order valence-corrected chi connectivity index (χ1v) is 8.34. The molecule has 2 rings (SSSR count). The molecule has 0 amide bonds. The maximum absolute atomic E-state index is 13.0. The lowest BCUT2D eigenvalue weighted by atomic mass is 10.1. The zero-order valence-corrected chi connectivity index (χ0v) is 15.9. The van der Waals surface area contributed by atoms with Crippen LogP contribution in [0.15, 0.2) is 42.5 Å². The Kier molecular flexibility index (Phi) is 9.32. The molecule has 0 aromatic heterocycles. The van der Waals surface area contributed by atoms with Gasteiger partial charge in [0.2, 0.25) is 0 Å². The number of benzene rings is 2. The summed E-state index contributed by atoms with van der Waals surface area (Å²) in [7, 11) is 1.63. The van der Waals surface area contributed by atoms with Crippen LogP contribution >= 0.6 is 12.4 Å². The second-order valence-electron chi connectivity index (χ2n) is 6.22. The van der Waals surface area contributed by atoms with Crippen LogP contribution in [0.2, 0.25) is 0 Å². The average molecular weight is 368 g/mol. The van der Waals surface area contributed by atoms with Crippen LogP contribution in [-0.4, -0.2) is 13.7 Å². The third-order valence-electron chi connectivity index (χ3n) is 3.79. The Balaban J connectivity index is 0.00000312. The molecule has 2 aromatic carbocycles. The number of hydrogen-bond acceptors (Lipinski definition) is 3. The molecule has 1 N–H and O–H groups in total. The van der Waals surface area contributed by atoms with Gasteiger partial charge < -0.3 is 14.8 Å². The lowest BCUT2D eigenvalue weighted by Gasteiger charge is -2.16. The summed E-state index contributed by atoms with van der Waals surface area (Å²) in [6.07, 6.45) is 1.13. The molecule has 0 heterocycles. The Hall–Kier alpha value is -1.78. The molecular weight excluding hydrogens is 341 g/mol. The fourth-order valence-electron chi connectivity index (χ4n) is 2.37. The molecule has 5 heteroatoms. The van der Waals surface area contributed by atoms with Crippen molar-refractivity contribution in [3.63, 3.8) is 0 Å². The van der Waals surface area contributed by atoms with Gasteiger partial charge in [0, 0.05) is 12.1 Å². The largest absolute Gasteiger partial charge is 0.493 e. The molecule has 25 heavy (non-hydrogen) atoms. The smallest absolute Gasteiger partial charge is 0.166 e. The quantitative estimate of drug-likeness (QED) is 0.634. The number of halogens is 2. The summed E-state index contributed by atoms with van der Waals surface area (Å²) in [5.41, 5.74) is 1.97. The van der Waals surface area contributed by atoms with Gasteiger partial charge in [0.05, 0.1) is 7.11 Å². The summed E-state index contributed by atoms with van der Waals surface area (Å²) in [5, 5.41) is 3.45. The Morgan fingerprint density at radius 3 is 2.44 bits per heavy atom. The van der Waals surface area contributed by atoms with E-state index in [0.29, 0.717) is 18.3 Å². The van der Waals surface area contributed by atoms with E-state index in [4.69, 9.17) is 9.47 Å². The molecule has 138 valence electrons. The van der Waals surface area contributed by atoms with Crippen LogP contribution in [0.4, 0.5) is 4.39 Å². The fraction of sp³-hybridized carbons (Fsp3) is 0.400. The molecule has 0 spiro atoms. The van der Waals surface area contributed by atoms with Crippen molar-refractivity contribution in [2.24, 2.45) is 5.92 Å². The maximum Gasteiger partial charge on any atom is 0.166 e. The summed E-state index contributed by atoms with van der Waals surface area (Å²) in [4.78, 5) is 0. The summed E-state index contributed by atoms with van der Waals surface area (Å²) < 4.78 is 24.4. The van der Waals surface area contributed by atoms with E-state index in [-0.39, 0.29) is 18.2 Å². The van der Waals surface area contributed by atoms with Crippen molar-refractivity contribution in [2.45, 2.75) is 33.4 Å². The lowest BCUT2D eigenvalue weighted by molar-refractivity contribution is 0.280. The van der Waals surface area contributed by atoms with Crippen LogP contribution in [0.1, 0.15) is 31.4 Å². The van der Waals surface area contributed by atoms with Crippen LogP contribution in [0.5, 0.6) is 11.5 Å². The number of rotatable bonds is 9. The summed E-state index contributed by atoms with van der Waals surface area (Å²) >= 11 is 0. The molecule has 3 nitrogen and oxygen atoms in total. The van der Waals surface area contributed by atoms with Crippen molar-refractivity contribution in [3.05, 3.63) is 59.4 Å². The first kappa shape index (κ1) is 21.3. The van der Waals surface area contributed by atoms with E-state index >= 15 is 0 Å². The minimum Gasteiger partial charge on any atom is -0.493 e. The van der Waals surface area contributed by atoms with Crippen LogP contribution in [0.25, 0.3) is 0 Å². The highest BCUT2D eigenvalue weighted by Gasteiger charge is 2.11. The van der Waals surface area contributed by atoms with Crippen molar-refractivity contribution in [3.8, 4) is 11.5 Å². The van der Waals surface area contributed by atoms with Crippen molar-refractivity contribution >= 4 is 12.4 Å². The molecule has 0 saturated carbocycles. The Bertz CT molecular complexity index is 632. The molecule has 0 bridgehead atoms. The lowest BCUT2D eigenvalue weighted by Crippen LogP contribution is -2.17. The van der Waals surface area contributed by atoms with Crippen LogP contribution in [-0.2, 0) is 13.2 Å². The normalized spacial score (nSPS) is 10.4. The van der Waals surface area contributed by atoms with Gasteiger partial charge >= 0.3 is 0 Å². The van der Waals surface area contributed by atoms with E-state index in [9.17, 15) is 4.39 Å². The molecule has 2 aromatic rings. The van der Waals surface area contributed by atoms with Gasteiger partial charge in [-0.2, -0.15) is 0 Å². The van der Waals surface area contributed by atoms with Crippen LogP contribution < -0.4 is 14.8 Å². The molecular formula is C20H27ClFNO2. The highest BCUT2D eigenvalue weighted by molar-refractivity contribution is 5.85. The van der Waals surface area contributed by atoms with E-state index in [1.165, 1.54) is 12.1 Å². The van der Waals surface area contributed by atoms with Crippen molar-refractivity contribution < 1.29 is 13.9 Å². The van der Waals surface area contributed by atoms with Gasteiger partial charge in [0.15, 0.2) is 11.5 Å². The number of para-hydroxylation sites is 1. The Morgan fingerprint density at radius 1 is 1.08 bits per heavy atom. The average Bonchev–Trinajstić information content (AvgIpc) is 2.58. The molecule has 0 saturated heterocycles. The number of hydrogen-bond donors (Lipinski definition) is 1. The minimum atomic E-state index is -0.244. The third-order valence-corrected chi connectivity index (χ3v) is 3.79. The van der Waals surface area contributed by atoms with Gasteiger partial charge in [0.1, 0.15) is 12.4 Å². The van der Waals surface area contributed by atoms with E-state index < -0.39 is 0 Å². The maximum atomic E-state index is 13.0. The molecule has 0 aliphatic rings. The van der Waals surface area contributed by atoms with Gasteiger partial charge in [-0.05, 0) is 42.6 Å². The Morgan fingerprint density at radius 2 is 1.80 bits per heavy atom. The van der Waals surface area contributed by atoms with Gasteiger partial charge in [0.25, 0.3) is 0 Å². The standard InChI is InChI=1S/C20H26FNO2.ClH/c1-15(2)11-12-22-13-17-5-4-6-19(23-3)20(17)24-14-16-7-9-18(21)10-8-16;/h4-10,15,22H,11-14H2,1-3H3;1H. The molecule has 0 unspecified atom stereocenters. The topological polar surface area (TPSA) is 30.5 Å². The number of ether oxygens (including phenoxy) is 2. The molecule has 0 radical (unpaired) electrons. The van der Waals surface area contributed by atoms with E-state index in [1.807, 2.05) is 18.2 Å². The molecule has 0 aliphatic heterocycles. The van der Waals surface area contributed by atoms with E-state index in [2.05, 4.69) is 19.2 Å². The predicted molar refractivity (Wildman–Crippen MR) is 102 cm³/mol. The van der Waals surface area contributed by atoms with Gasteiger partial charge in [-0.3, -0.25) is 0 Å². The third kappa shape index (κ3) is 6.92. The highest BCUT2D eigenvalue weighted by atomic mass is 35.5. The first-order chi connectivity index (χ1) is 11.6. The second kappa shape index (κ2) is 11.0. The van der Waals surface area contributed by atoms with Crippen LogP contribution in [0, 0.1) is 11.7 Å². The first-order valence-electron chi connectivity index (χ1n) is 8.34. The fourth-order valence-corrected chi connectivity index (χ4v) is 2.37. The monoisotopic (exact) mass is 367 g/mol. The van der Waals surface area contributed by atoms with Gasteiger partial charge in [-0.1, -0.05) is 38.1 Å². The zero-order valence-electron chi connectivity index (χ0n) is 15.0. The van der Waals surface area contributed by atoms with Crippen molar-refractivity contribution in [1.29, 1.82) is 0 Å². The molecule has 0 atom stereocenters. The zero-order chi connectivity index (χ0) is 17.4. The van der Waals surface area contributed by atoms with Crippen molar-refractivity contribution in [2.75, 3.05) is 13.7 Å². The summed E-state index contributed by atoms with van der Waals surface area (Å²) in [5.74, 6) is 1.88. The van der Waals surface area contributed by atoms with Gasteiger partial charge in [-0.15, -0.1) is 12.4 Å². The SMILES string of the molecule is COc1cccc(CNCCC(C)C)c1OCc1ccc(F)cc1.Cl. The summed E-state index contributed by atoms with van der Waals surface area (Å²) in [6, 6.07) is 12.2. The minimum absolute atomic E-state index is 0. The molecule has 0 aliphatic carbocycles. The Labute approximate surface area is 156 Å². The predicted octanol–water partition coefficient (Wildman–Crippen LogP) is 4.97. The van der Waals surface area contributed by atoms with Crippen LogP contribution in [0.3, 0.4) is 0 Å². The van der Waals surface area contributed by atoms with Crippen molar-refractivity contribution in [1.82, 2.24) is 5.32 Å². The summed E-state index contributed by atoms with van der Waals surface area (Å²) in [6.45, 7) is 6.49. The van der Waals surface area contributed by atoms with E-state index in [1.54, 1.807) is 19.2 Å². The van der Waals surface area contributed by atoms with E-state index in [0.717, 1.165) is 36.4 Å². The van der Waals surface area contributed by atoms with Gasteiger partial charge in [-0.25, -0.2) is 4.39 Å². The number of methoxy groups -OCH3 is 1. The number of nitrogens with one attached hydrogen (secondary N) is 1. The molecule has 0 fully saturated rings. The highest BCUT2D eigenvalue weighted by Crippen LogP contribution is 2.31. The second-order valence-corrected chi connectivity index (χ2v) is 6.22.